The zero-order valence-electron chi connectivity index (χ0n) is 13.8. The van der Waals surface area contributed by atoms with Gasteiger partial charge in [0.05, 0.1) is 12.7 Å². The largest absolute Gasteiger partial charge is 0.336 e. The molecule has 2 N–H and O–H groups in total. The molecule has 7 heteroatoms. The Kier molecular flexibility index (Phi) is 5.79. The molecule has 0 radical (unpaired) electrons. The minimum Gasteiger partial charge on any atom is -0.336 e. The molecule has 1 fully saturated rings. The third-order valence-corrected chi connectivity index (χ3v) is 4.19. The summed E-state index contributed by atoms with van der Waals surface area (Å²) in [6.07, 6.45) is 5.55. The van der Waals surface area contributed by atoms with E-state index < -0.39 is 0 Å². The lowest BCUT2D eigenvalue weighted by Gasteiger charge is -2.33. The van der Waals surface area contributed by atoms with Crippen molar-refractivity contribution in [2.75, 3.05) is 19.6 Å². The van der Waals surface area contributed by atoms with Gasteiger partial charge in [-0.15, -0.1) is 5.10 Å². The molecule has 1 aliphatic heterocycles. The van der Waals surface area contributed by atoms with Crippen molar-refractivity contribution in [2.24, 2.45) is 0 Å². The van der Waals surface area contributed by atoms with Gasteiger partial charge in [-0.2, -0.15) is 0 Å². The quantitative estimate of drug-likeness (QED) is 0.837. The number of carbonyl (C=O) groups is 1. The minimum absolute atomic E-state index is 0.110. The van der Waals surface area contributed by atoms with Gasteiger partial charge >= 0.3 is 6.03 Å². The van der Waals surface area contributed by atoms with Gasteiger partial charge in [-0.1, -0.05) is 35.5 Å². The summed E-state index contributed by atoms with van der Waals surface area (Å²) in [5.74, 6) is 0. The Labute approximate surface area is 142 Å². The Morgan fingerprint density at radius 2 is 2.17 bits per heavy atom. The van der Waals surface area contributed by atoms with Crippen molar-refractivity contribution in [2.45, 2.75) is 32.0 Å². The van der Waals surface area contributed by atoms with Crippen LogP contribution < -0.4 is 10.6 Å². The van der Waals surface area contributed by atoms with E-state index in [1.165, 1.54) is 5.56 Å². The van der Waals surface area contributed by atoms with Crippen LogP contribution in [0.5, 0.6) is 0 Å². The second-order valence-electron chi connectivity index (χ2n) is 6.13. The number of rotatable bonds is 6. The Morgan fingerprint density at radius 3 is 2.96 bits per heavy atom. The smallest absolute Gasteiger partial charge is 0.315 e. The summed E-state index contributed by atoms with van der Waals surface area (Å²) in [7, 11) is 0. The van der Waals surface area contributed by atoms with Crippen LogP contribution in [0.25, 0.3) is 0 Å². The molecule has 2 aromatic rings. The topological polar surface area (TPSA) is 75.1 Å². The van der Waals surface area contributed by atoms with Crippen LogP contribution in [0.4, 0.5) is 4.79 Å². The first-order valence-corrected chi connectivity index (χ1v) is 8.44. The van der Waals surface area contributed by atoms with E-state index >= 15 is 0 Å². The first-order chi connectivity index (χ1) is 11.8. The molecule has 3 rings (SSSR count). The number of carbonyl (C=O) groups excluding carboxylic acids is 1. The fourth-order valence-corrected chi connectivity index (χ4v) is 3.03. The molecule has 0 bridgehead atoms. The van der Waals surface area contributed by atoms with Gasteiger partial charge < -0.3 is 10.6 Å². The number of urea groups is 1. The highest BCUT2D eigenvalue weighted by Gasteiger charge is 2.21. The van der Waals surface area contributed by atoms with Crippen molar-refractivity contribution < 1.29 is 4.79 Å². The standard InChI is InChI=1S/C17H24N6O/c24-17(18-8-11-23-12-9-19-21-23)20-16-7-4-10-22(14-16)13-15-5-2-1-3-6-15/h1-3,5-6,9,12,16H,4,7-8,10-11,13-14H2,(H2,18,20,24). The number of amides is 2. The van der Waals surface area contributed by atoms with Gasteiger partial charge in [0.15, 0.2) is 0 Å². The molecule has 128 valence electrons. The maximum atomic E-state index is 12.0. The SMILES string of the molecule is O=C(NCCn1ccnn1)NC1CCCN(Cc2ccccc2)C1. The van der Waals surface area contributed by atoms with Crippen LogP contribution in [-0.4, -0.2) is 51.6 Å². The minimum atomic E-state index is -0.110. The lowest BCUT2D eigenvalue weighted by molar-refractivity contribution is 0.180. The normalized spacial score (nSPS) is 18.2. The number of nitrogens with one attached hydrogen (secondary N) is 2. The number of hydrogen-bond acceptors (Lipinski definition) is 4. The van der Waals surface area contributed by atoms with E-state index in [-0.39, 0.29) is 12.1 Å². The average molecular weight is 328 g/mol. The van der Waals surface area contributed by atoms with E-state index in [4.69, 9.17) is 0 Å². The highest BCUT2D eigenvalue weighted by molar-refractivity contribution is 5.74. The van der Waals surface area contributed by atoms with Crippen molar-refractivity contribution in [1.29, 1.82) is 0 Å². The lowest BCUT2D eigenvalue weighted by Crippen LogP contribution is -2.50. The maximum absolute atomic E-state index is 12.0. The molecule has 1 aliphatic rings. The molecule has 1 aromatic heterocycles. The number of nitrogens with zero attached hydrogens (tertiary/aromatic N) is 4. The zero-order chi connectivity index (χ0) is 16.6. The van der Waals surface area contributed by atoms with Gasteiger partial charge in [-0.05, 0) is 24.9 Å². The third kappa shape index (κ3) is 5.06. The summed E-state index contributed by atoms with van der Waals surface area (Å²) >= 11 is 0. The lowest BCUT2D eigenvalue weighted by atomic mass is 10.0. The van der Waals surface area contributed by atoms with Gasteiger partial charge in [-0.3, -0.25) is 9.58 Å². The fraction of sp³-hybridized carbons (Fsp3) is 0.471. The Bertz CT molecular complexity index is 615. The summed E-state index contributed by atoms with van der Waals surface area (Å²) in [4.78, 5) is 14.4. The van der Waals surface area contributed by atoms with Gasteiger partial charge in [0, 0.05) is 31.9 Å². The van der Waals surface area contributed by atoms with Crippen molar-refractivity contribution >= 4 is 6.03 Å². The first kappa shape index (κ1) is 16.4. The van der Waals surface area contributed by atoms with Crippen LogP contribution in [0, 0.1) is 0 Å². The Balaban J connectivity index is 1.39. The average Bonchev–Trinajstić information content (AvgIpc) is 3.09. The molecular weight excluding hydrogens is 304 g/mol. The molecule has 2 heterocycles. The van der Waals surface area contributed by atoms with Crippen LogP contribution in [0.3, 0.4) is 0 Å². The second kappa shape index (κ2) is 8.44. The van der Waals surface area contributed by atoms with Crippen LogP contribution in [0.15, 0.2) is 42.7 Å². The molecule has 0 aliphatic carbocycles. The zero-order valence-corrected chi connectivity index (χ0v) is 13.8. The van der Waals surface area contributed by atoms with E-state index in [1.807, 2.05) is 6.07 Å². The molecule has 0 saturated carbocycles. The molecule has 2 amide bonds. The predicted octanol–water partition coefficient (Wildman–Crippen LogP) is 1.24. The van der Waals surface area contributed by atoms with Gasteiger partial charge in [-0.25, -0.2) is 4.79 Å². The number of piperidine rings is 1. The van der Waals surface area contributed by atoms with Crippen molar-refractivity contribution in [1.82, 2.24) is 30.5 Å². The monoisotopic (exact) mass is 328 g/mol. The third-order valence-electron chi connectivity index (χ3n) is 4.19. The van der Waals surface area contributed by atoms with E-state index in [0.29, 0.717) is 13.1 Å². The summed E-state index contributed by atoms with van der Waals surface area (Å²) in [5, 5.41) is 13.6. The Hall–Kier alpha value is -2.41. The van der Waals surface area contributed by atoms with Crippen molar-refractivity contribution in [3.8, 4) is 0 Å². The number of aromatic nitrogens is 3. The number of hydrogen-bond donors (Lipinski definition) is 2. The summed E-state index contributed by atoms with van der Waals surface area (Å²) in [5.41, 5.74) is 1.32. The molecule has 7 nitrogen and oxygen atoms in total. The van der Waals surface area contributed by atoms with Crippen molar-refractivity contribution in [3.05, 3.63) is 48.3 Å². The Morgan fingerprint density at radius 1 is 1.29 bits per heavy atom. The summed E-state index contributed by atoms with van der Waals surface area (Å²) in [6.45, 7) is 4.08. The molecule has 0 spiro atoms. The van der Waals surface area contributed by atoms with Gasteiger partial charge in [0.1, 0.15) is 0 Å². The molecule has 1 saturated heterocycles. The number of benzene rings is 1. The van der Waals surface area contributed by atoms with Crippen LogP contribution >= 0.6 is 0 Å². The fourth-order valence-electron chi connectivity index (χ4n) is 3.03. The predicted molar refractivity (Wildman–Crippen MR) is 91.3 cm³/mol. The summed E-state index contributed by atoms with van der Waals surface area (Å²) < 4.78 is 1.70. The molecule has 1 unspecified atom stereocenters. The number of likely N-dealkylation sites (tertiary alicyclic amines) is 1. The second-order valence-corrected chi connectivity index (χ2v) is 6.13. The molecule has 1 aromatic carbocycles. The maximum Gasteiger partial charge on any atom is 0.315 e. The van der Waals surface area contributed by atoms with E-state index in [0.717, 1.165) is 32.5 Å². The molecule has 24 heavy (non-hydrogen) atoms. The van der Waals surface area contributed by atoms with Crippen LogP contribution in [0.2, 0.25) is 0 Å². The van der Waals surface area contributed by atoms with E-state index in [1.54, 1.807) is 17.1 Å². The molecular formula is C17H24N6O. The highest BCUT2D eigenvalue weighted by Crippen LogP contribution is 2.13. The molecule has 1 atom stereocenters. The summed E-state index contributed by atoms with van der Waals surface area (Å²) in [6, 6.07) is 10.6. The van der Waals surface area contributed by atoms with Crippen LogP contribution in [0.1, 0.15) is 18.4 Å². The van der Waals surface area contributed by atoms with E-state index in [9.17, 15) is 4.79 Å². The van der Waals surface area contributed by atoms with E-state index in [2.05, 4.69) is 50.1 Å². The van der Waals surface area contributed by atoms with Crippen LogP contribution in [-0.2, 0) is 13.1 Å². The van der Waals surface area contributed by atoms with Crippen molar-refractivity contribution in [3.63, 3.8) is 0 Å². The first-order valence-electron chi connectivity index (χ1n) is 8.44. The van der Waals surface area contributed by atoms with Gasteiger partial charge in [0.25, 0.3) is 0 Å². The van der Waals surface area contributed by atoms with Gasteiger partial charge in [0.2, 0.25) is 0 Å². The highest BCUT2D eigenvalue weighted by atomic mass is 16.2.